The fourth-order valence-electron chi connectivity index (χ4n) is 1.74. The predicted octanol–water partition coefficient (Wildman–Crippen LogP) is 2.06. The molecule has 0 saturated carbocycles. The lowest BCUT2D eigenvalue weighted by Gasteiger charge is -2.15. The van der Waals surface area contributed by atoms with Gasteiger partial charge in [-0.15, -0.1) is 0 Å². The maximum atomic E-state index is 12.0. The molecule has 0 aromatic heterocycles. The standard InChI is InChI=1S/C13H19ClN2O2/c1-2-9(6-7-17)8-16-13(18)12-10(14)4-3-5-11(12)15/h3-5,9,17H,2,6-8,15H2,1H3,(H,16,18). The maximum absolute atomic E-state index is 12.0. The van der Waals surface area contributed by atoms with E-state index in [2.05, 4.69) is 5.32 Å². The largest absolute Gasteiger partial charge is 0.398 e. The lowest BCUT2D eigenvalue weighted by molar-refractivity contribution is 0.0944. The summed E-state index contributed by atoms with van der Waals surface area (Å²) in [6, 6.07) is 4.98. The summed E-state index contributed by atoms with van der Waals surface area (Å²) in [4.78, 5) is 12.0. The van der Waals surface area contributed by atoms with Gasteiger partial charge in [0.15, 0.2) is 0 Å². The van der Waals surface area contributed by atoms with E-state index in [1.807, 2.05) is 6.92 Å². The molecular formula is C13H19ClN2O2. The van der Waals surface area contributed by atoms with Crippen molar-refractivity contribution in [3.8, 4) is 0 Å². The Morgan fingerprint density at radius 3 is 2.83 bits per heavy atom. The Balaban J connectivity index is 2.65. The number of carbonyl (C=O) groups is 1. The van der Waals surface area contributed by atoms with Gasteiger partial charge in [0.1, 0.15) is 0 Å². The Morgan fingerprint density at radius 1 is 1.56 bits per heavy atom. The van der Waals surface area contributed by atoms with Crippen LogP contribution in [0.1, 0.15) is 30.1 Å². The van der Waals surface area contributed by atoms with Gasteiger partial charge in [0.2, 0.25) is 0 Å². The molecule has 1 aromatic rings. The van der Waals surface area contributed by atoms with Crippen LogP contribution in [0.25, 0.3) is 0 Å². The van der Waals surface area contributed by atoms with E-state index in [4.69, 9.17) is 22.4 Å². The first-order valence-electron chi connectivity index (χ1n) is 6.03. The molecule has 1 aromatic carbocycles. The number of rotatable bonds is 6. The summed E-state index contributed by atoms with van der Waals surface area (Å²) in [5.41, 5.74) is 6.42. The van der Waals surface area contributed by atoms with Crippen LogP contribution in [-0.4, -0.2) is 24.2 Å². The number of nitrogens with two attached hydrogens (primary N) is 1. The van der Waals surface area contributed by atoms with E-state index in [0.717, 1.165) is 6.42 Å². The molecule has 4 nitrogen and oxygen atoms in total. The van der Waals surface area contributed by atoms with Crippen molar-refractivity contribution in [3.05, 3.63) is 28.8 Å². The van der Waals surface area contributed by atoms with Crippen molar-refractivity contribution >= 4 is 23.2 Å². The van der Waals surface area contributed by atoms with E-state index < -0.39 is 0 Å². The van der Waals surface area contributed by atoms with Crippen LogP contribution in [0.3, 0.4) is 0 Å². The number of aliphatic hydroxyl groups is 1. The molecule has 4 N–H and O–H groups in total. The molecule has 0 aliphatic rings. The number of aliphatic hydroxyl groups excluding tert-OH is 1. The molecule has 0 heterocycles. The summed E-state index contributed by atoms with van der Waals surface area (Å²) in [7, 11) is 0. The van der Waals surface area contributed by atoms with E-state index in [-0.39, 0.29) is 18.4 Å². The Hall–Kier alpha value is -1.26. The molecule has 0 aliphatic heterocycles. The molecule has 1 rings (SSSR count). The van der Waals surface area contributed by atoms with Gasteiger partial charge >= 0.3 is 0 Å². The molecule has 100 valence electrons. The van der Waals surface area contributed by atoms with Crippen molar-refractivity contribution < 1.29 is 9.90 Å². The van der Waals surface area contributed by atoms with E-state index in [0.29, 0.717) is 29.2 Å². The van der Waals surface area contributed by atoms with Crippen LogP contribution in [0.4, 0.5) is 5.69 Å². The van der Waals surface area contributed by atoms with Crippen LogP contribution < -0.4 is 11.1 Å². The highest BCUT2D eigenvalue weighted by molar-refractivity contribution is 6.34. The monoisotopic (exact) mass is 270 g/mol. The fraction of sp³-hybridized carbons (Fsp3) is 0.462. The molecule has 1 amide bonds. The third-order valence-corrected chi connectivity index (χ3v) is 3.25. The number of nitrogens with one attached hydrogen (secondary N) is 1. The second kappa shape index (κ2) is 7.24. The predicted molar refractivity (Wildman–Crippen MR) is 73.7 cm³/mol. The molecule has 5 heteroatoms. The van der Waals surface area contributed by atoms with Crippen LogP contribution in [0.5, 0.6) is 0 Å². The minimum atomic E-state index is -0.269. The second-order valence-electron chi connectivity index (χ2n) is 4.20. The first-order valence-corrected chi connectivity index (χ1v) is 6.41. The molecule has 0 aliphatic carbocycles. The number of benzene rings is 1. The van der Waals surface area contributed by atoms with E-state index in [1.54, 1.807) is 18.2 Å². The second-order valence-corrected chi connectivity index (χ2v) is 4.61. The fourth-order valence-corrected chi connectivity index (χ4v) is 2.01. The molecule has 18 heavy (non-hydrogen) atoms. The third-order valence-electron chi connectivity index (χ3n) is 2.94. The maximum Gasteiger partial charge on any atom is 0.254 e. The van der Waals surface area contributed by atoms with Crippen molar-refractivity contribution in [2.45, 2.75) is 19.8 Å². The van der Waals surface area contributed by atoms with Gasteiger partial charge in [0, 0.05) is 18.8 Å². The summed E-state index contributed by atoms with van der Waals surface area (Å²) >= 11 is 5.95. The average molecular weight is 271 g/mol. The van der Waals surface area contributed by atoms with Gasteiger partial charge in [0.25, 0.3) is 5.91 Å². The van der Waals surface area contributed by atoms with Gasteiger partial charge in [-0.2, -0.15) is 0 Å². The number of anilines is 1. The zero-order chi connectivity index (χ0) is 13.5. The number of hydrogen-bond acceptors (Lipinski definition) is 3. The molecule has 0 radical (unpaired) electrons. The van der Waals surface area contributed by atoms with Crippen molar-refractivity contribution in [1.82, 2.24) is 5.32 Å². The van der Waals surface area contributed by atoms with E-state index in [1.165, 1.54) is 0 Å². The Bertz CT molecular complexity index is 390. The lowest BCUT2D eigenvalue weighted by atomic mass is 10.0. The third kappa shape index (κ3) is 3.89. The molecule has 0 bridgehead atoms. The lowest BCUT2D eigenvalue weighted by Crippen LogP contribution is -2.30. The van der Waals surface area contributed by atoms with E-state index in [9.17, 15) is 4.79 Å². The van der Waals surface area contributed by atoms with Crippen LogP contribution in [0.15, 0.2) is 18.2 Å². The quantitative estimate of drug-likeness (QED) is 0.693. The molecule has 1 unspecified atom stereocenters. The number of nitrogen functional groups attached to an aromatic ring is 1. The van der Waals surface area contributed by atoms with Crippen molar-refractivity contribution in [2.24, 2.45) is 5.92 Å². The average Bonchev–Trinajstić information content (AvgIpc) is 2.34. The summed E-state index contributed by atoms with van der Waals surface area (Å²) in [6.45, 7) is 2.67. The highest BCUT2D eigenvalue weighted by Crippen LogP contribution is 2.21. The topological polar surface area (TPSA) is 75.3 Å². The van der Waals surface area contributed by atoms with Crippen molar-refractivity contribution in [3.63, 3.8) is 0 Å². The molecule has 1 atom stereocenters. The van der Waals surface area contributed by atoms with Crippen LogP contribution in [-0.2, 0) is 0 Å². The Morgan fingerprint density at radius 2 is 2.28 bits per heavy atom. The zero-order valence-corrected chi connectivity index (χ0v) is 11.2. The molecule has 0 spiro atoms. The van der Waals surface area contributed by atoms with Crippen LogP contribution in [0.2, 0.25) is 5.02 Å². The van der Waals surface area contributed by atoms with Gasteiger partial charge in [-0.1, -0.05) is 31.0 Å². The normalized spacial score (nSPS) is 12.2. The number of halogens is 1. The summed E-state index contributed by atoms with van der Waals surface area (Å²) in [5, 5.41) is 12.0. The number of hydrogen-bond donors (Lipinski definition) is 3. The summed E-state index contributed by atoms with van der Waals surface area (Å²) in [6.07, 6.45) is 1.58. The van der Waals surface area contributed by atoms with Crippen molar-refractivity contribution in [1.29, 1.82) is 0 Å². The SMILES string of the molecule is CCC(CCO)CNC(=O)c1c(N)cccc1Cl. The number of carbonyl (C=O) groups excluding carboxylic acids is 1. The summed E-state index contributed by atoms with van der Waals surface area (Å²) in [5.74, 6) is -0.00264. The van der Waals surface area contributed by atoms with Gasteiger partial charge in [0.05, 0.1) is 10.6 Å². The van der Waals surface area contributed by atoms with Gasteiger partial charge < -0.3 is 16.2 Å². The summed E-state index contributed by atoms with van der Waals surface area (Å²) < 4.78 is 0. The van der Waals surface area contributed by atoms with Gasteiger partial charge in [-0.25, -0.2) is 0 Å². The minimum Gasteiger partial charge on any atom is -0.398 e. The smallest absolute Gasteiger partial charge is 0.254 e. The van der Waals surface area contributed by atoms with Gasteiger partial charge in [-0.3, -0.25) is 4.79 Å². The van der Waals surface area contributed by atoms with Crippen molar-refractivity contribution in [2.75, 3.05) is 18.9 Å². The highest BCUT2D eigenvalue weighted by Gasteiger charge is 2.15. The van der Waals surface area contributed by atoms with Crippen LogP contribution >= 0.6 is 11.6 Å². The van der Waals surface area contributed by atoms with E-state index >= 15 is 0 Å². The minimum absolute atomic E-state index is 0.128. The molecular weight excluding hydrogens is 252 g/mol. The first-order chi connectivity index (χ1) is 8.60. The first kappa shape index (κ1) is 14.8. The van der Waals surface area contributed by atoms with Gasteiger partial charge in [-0.05, 0) is 24.5 Å². The molecule has 0 fully saturated rings. The Labute approximate surface area is 112 Å². The zero-order valence-electron chi connectivity index (χ0n) is 10.4. The highest BCUT2D eigenvalue weighted by atomic mass is 35.5. The number of amides is 1. The Kier molecular flexibility index (Phi) is 5.95. The van der Waals surface area contributed by atoms with Crippen LogP contribution in [0, 0.1) is 5.92 Å². The molecule has 0 saturated heterocycles.